The minimum atomic E-state index is 0.184. The number of benzene rings is 1. The fraction of sp³-hybridized carbons (Fsp3) is 0.333. The van der Waals surface area contributed by atoms with Crippen molar-refractivity contribution >= 4 is 17.2 Å². The van der Waals surface area contributed by atoms with Crippen molar-refractivity contribution in [2.24, 2.45) is 0 Å². The molecule has 0 bridgehead atoms. The first-order valence-electron chi connectivity index (χ1n) is 9.22. The number of fused-ring (bicyclic) bond motifs is 1. The van der Waals surface area contributed by atoms with Crippen LogP contribution in [0.4, 0.5) is 5.69 Å². The van der Waals surface area contributed by atoms with Crippen LogP contribution in [0.2, 0.25) is 0 Å². The number of imidazole rings is 1. The van der Waals surface area contributed by atoms with E-state index in [-0.39, 0.29) is 5.91 Å². The average molecular weight is 348 g/mol. The van der Waals surface area contributed by atoms with Gasteiger partial charge in [-0.15, -0.1) is 0 Å². The lowest BCUT2D eigenvalue weighted by Gasteiger charge is -2.23. The zero-order valence-corrected chi connectivity index (χ0v) is 15.1. The molecule has 1 aliphatic rings. The molecule has 0 radical (unpaired) electrons. The molecule has 0 saturated carbocycles. The summed E-state index contributed by atoms with van der Waals surface area (Å²) in [6, 6.07) is 14.5. The van der Waals surface area contributed by atoms with Gasteiger partial charge < -0.3 is 14.2 Å². The summed E-state index contributed by atoms with van der Waals surface area (Å²) in [5, 5.41) is 0. The molecule has 0 N–H and O–H groups in total. The zero-order chi connectivity index (χ0) is 17.9. The number of anilines is 1. The van der Waals surface area contributed by atoms with Crippen molar-refractivity contribution in [1.29, 1.82) is 0 Å². The van der Waals surface area contributed by atoms with Crippen LogP contribution in [0, 0.1) is 6.92 Å². The fourth-order valence-corrected chi connectivity index (χ4v) is 3.66. The number of para-hydroxylation sites is 1. The van der Waals surface area contributed by atoms with Crippen LogP contribution in [0.15, 0.2) is 54.9 Å². The molecular weight excluding hydrogens is 324 g/mol. The van der Waals surface area contributed by atoms with Crippen molar-refractivity contribution in [3.05, 3.63) is 66.1 Å². The normalized spacial score (nSPS) is 15.3. The van der Waals surface area contributed by atoms with Gasteiger partial charge >= 0.3 is 0 Å². The summed E-state index contributed by atoms with van der Waals surface area (Å²) in [6.07, 6.45) is 5.20. The lowest BCUT2D eigenvalue weighted by atomic mass is 10.2. The van der Waals surface area contributed by atoms with E-state index in [1.807, 2.05) is 46.8 Å². The first-order chi connectivity index (χ1) is 12.7. The number of rotatable bonds is 3. The topological polar surface area (TPSA) is 40.9 Å². The molecule has 26 heavy (non-hydrogen) atoms. The van der Waals surface area contributed by atoms with Crippen molar-refractivity contribution in [1.82, 2.24) is 14.3 Å². The Labute approximate surface area is 153 Å². The summed E-state index contributed by atoms with van der Waals surface area (Å²) in [4.78, 5) is 21.7. The smallest absolute Gasteiger partial charge is 0.228 e. The van der Waals surface area contributed by atoms with E-state index in [2.05, 4.69) is 34.1 Å². The zero-order valence-electron chi connectivity index (χ0n) is 15.1. The molecule has 134 valence electrons. The van der Waals surface area contributed by atoms with Gasteiger partial charge in [0.15, 0.2) is 0 Å². The van der Waals surface area contributed by atoms with Crippen LogP contribution in [-0.4, -0.2) is 46.4 Å². The third-order valence-corrected chi connectivity index (χ3v) is 5.11. The SMILES string of the molecule is Cc1cccn2c(CC(=O)N3CCCN(c4ccccc4)CC3)cnc12. The molecule has 5 heteroatoms. The Kier molecular flexibility index (Phi) is 4.61. The predicted molar refractivity (Wildman–Crippen MR) is 103 cm³/mol. The quantitative estimate of drug-likeness (QED) is 0.731. The first kappa shape index (κ1) is 16.6. The van der Waals surface area contributed by atoms with Gasteiger partial charge in [0.2, 0.25) is 5.91 Å². The molecule has 1 amide bonds. The molecule has 3 heterocycles. The summed E-state index contributed by atoms with van der Waals surface area (Å²) in [5.74, 6) is 0.184. The minimum absolute atomic E-state index is 0.184. The third-order valence-electron chi connectivity index (χ3n) is 5.11. The Bertz CT molecular complexity index is 903. The number of aryl methyl sites for hydroxylation is 1. The molecule has 0 atom stereocenters. The highest BCUT2D eigenvalue weighted by Gasteiger charge is 2.20. The standard InChI is InChI=1S/C21H24N4O/c1-17-7-5-12-25-19(16-22-21(17)25)15-20(26)24-11-6-10-23(13-14-24)18-8-3-2-4-9-18/h2-5,7-9,12,16H,6,10-11,13-15H2,1H3. The summed E-state index contributed by atoms with van der Waals surface area (Å²) in [6.45, 7) is 5.49. The molecule has 0 aliphatic carbocycles. The van der Waals surface area contributed by atoms with Crippen LogP contribution in [-0.2, 0) is 11.2 Å². The van der Waals surface area contributed by atoms with Crippen LogP contribution in [0.25, 0.3) is 5.65 Å². The number of hydrogen-bond acceptors (Lipinski definition) is 3. The highest BCUT2D eigenvalue weighted by molar-refractivity contribution is 5.78. The fourth-order valence-electron chi connectivity index (χ4n) is 3.66. The maximum Gasteiger partial charge on any atom is 0.228 e. The van der Waals surface area contributed by atoms with Crippen LogP contribution < -0.4 is 4.90 Å². The number of carbonyl (C=O) groups excluding carboxylic acids is 1. The Morgan fingerprint density at radius 1 is 1.04 bits per heavy atom. The molecule has 1 saturated heterocycles. The number of carbonyl (C=O) groups is 1. The second-order valence-corrected chi connectivity index (χ2v) is 6.87. The molecule has 3 aromatic rings. The summed E-state index contributed by atoms with van der Waals surface area (Å²) in [5.41, 5.74) is 4.25. The number of aromatic nitrogens is 2. The van der Waals surface area contributed by atoms with Crippen LogP contribution in [0.5, 0.6) is 0 Å². The average Bonchev–Trinajstić information content (AvgIpc) is 2.91. The summed E-state index contributed by atoms with van der Waals surface area (Å²) in [7, 11) is 0. The number of hydrogen-bond donors (Lipinski definition) is 0. The second kappa shape index (κ2) is 7.20. The Balaban J connectivity index is 1.44. The molecule has 0 unspecified atom stereocenters. The Morgan fingerprint density at radius 2 is 1.88 bits per heavy atom. The van der Waals surface area contributed by atoms with Crippen molar-refractivity contribution in [3.8, 4) is 0 Å². The van der Waals surface area contributed by atoms with E-state index < -0.39 is 0 Å². The van der Waals surface area contributed by atoms with Crippen LogP contribution in [0.3, 0.4) is 0 Å². The number of amides is 1. The molecule has 1 aromatic carbocycles. The third kappa shape index (κ3) is 3.29. The second-order valence-electron chi connectivity index (χ2n) is 6.87. The minimum Gasteiger partial charge on any atom is -0.370 e. The van der Waals surface area contributed by atoms with Crippen molar-refractivity contribution in [2.45, 2.75) is 19.8 Å². The van der Waals surface area contributed by atoms with E-state index in [4.69, 9.17) is 0 Å². The number of nitrogens with zero attached hydrogens (tertiary/aromatic N) is 4. The highest BCUT2D eigenvalue weighted by atomic mass is 16.2. The van der Waals surface area contributed by atoms with Gasteiger partial charge in [-0.05, 0) is 37.1 Å². The summed E-state index contributed by atoms with van der Waals surface area (Å²) >= 11 is 0. The molecule has 2 aromatic heterocycles. The van der Waals surface area contributed by atoms with Gasteiger partial charge in [-0.1, -0.05) is 24.3 Å². The van der Waals surface area contributed by atoms with Crippen LogP contribution in [0.1, 0.15) is 17.7 Å². The highest BCUT2D eigenvalue weighted by Crippen LogP contribution is 2.17. The van der Waals surface area contributed by atoms with Crippen molar-refractivity contribution in [2.75, 3.05) is 31.1 Å². The van der Waals surface area contributed by atoms with E-state index in [0.717, 1.165) is 49.5 Å². The molecule has 0 spiro atoms. The van der Waals surface area contributed by atoms with Crippen molar-refractivity contribution < 1.29 is 4.79 Å². The van der Waals surface area contributed by atoms with Gasteiger partial charge in [-0.2, -0.15) is 0 Å². The van der Waals surface area contributed by atoms with E-state index >= 15 is 0 Å². The predicted octanol–water partition coefficient (Wildman–Crippen LogP) is 2.92. The largest absolute Gasteiger partial charge is 0.370 e. The lowest BCUT2D eigenvalue weighted by molar-refractivity contribution is -0.130. The number of pyridine rings is 1. The molecule has 1 aliphatic heterocycles. The maximum atomic E-state index is 12.9. The molecule has 1 fully saturated rings. The lowest BCUT2D eigenvalue weighted by Crippen LogP contribution is -2.36. The Morgan fingerprint density at radius 3 is 2.73 bits per heavy atom. The maximum absolute atomic E-state index is 12.9. The molecular formula is C21H24N4O. The van der Waals surface area contributed by atoms with Gasteiger partial charge in [0.25, 0.3) is 0 Å². The monoisotopic (exact) mass is 348 g/mol. The van der Waals surface area contributed by atoms with E-state index in [1.54, 1.807) is 0 Å². The molecule has 5 nitrogen and oxygen atoms in total. The van der Waals surface area contributed by atoms with Crippen LogP contribution >= 0.6 is 0 Å². The van der Waals surface area contributed by atoms with Gasteiger partial charge in [0, 0.05) is 44.3 Å². The van der Waals surface area contributed by atoms with Gasteiger partial charge in [-0.3, -0.25) is 4.79 Å². The van der Waals surface area contributed by atoms with E-state index in [1.165, 1.54) is 5.69 Å². The van der Waals surface area contributed by atoms with Gasteiger partial charge in [-0.25, -0.2) is 4.98 Å². The Hall–Kier alpha value is -2.82. The first-order valence-corrected chi connectivity index (χ1v) is 9.22. The molecule has 4 rings (SSSR count). The van der Waals surface area contributed by atoms with Gasteiger partial charge in [0.1, 0.15) is 5.65 Å². The van der Waals surface area contributed by atoms with E-state index in [9.17, 15) is 4.79 Å². The van der Waals surface area contributed by atoms with Gasteiger partial charge in [0.05, 0.1) is 12.1 Å². The van der Waals surface area contributed by atoms with E-state index in [0.29, 0.717) is 6.42 Å². The van der Waals surface area contributed by atoms with Crippen molar-refractivity contribution in [3.63, 3.8) is 0 Å². The summed E-state index contributed by atoms with van der Waals surface area (Å²) < 4.78 is 2.03.